The SMILES string of the molecule is O=Cc1cc2[nH]ncc2cc1Cl. The minimum Gasteiger partial charge on any atom is -0.298 e. The molecule has 12 heavy (non-hydrogen) atoms. The van der Waals surface area contributed by atoms with Gasteiger partial charge in [0.1, 0.15) is 0 Å². The molecule has 1 aromatic heterocycles. The Morgan fingerprint density at radius 1 is 1.50 bits per heavy atom. The van der Waals surface area contributed by atoms with Crippen molar-refractivity contribution in [1.29, 1.82) is 0 Å². The number of hydrogen-bond acceptors (Lipinski definition) is 2. The van der Waals surface area contributed by atoms with Crippen molar-refractivity contribution < 1.29 is 4.79 Å². The van der Waals surface area contributed by atoms with E-state index >= 15 is 0 Å². The van der Waals surface area contributed by atoms with E-state index in [-0.39, 0.29) is 0 Å². The van der Waals surface area contributed by atoms with E-state index < -0.39 is 0 Å². The number of halogens is 1. The second-order valence-electron chi connectivity index (χ2n) is 2.45. The van der Waals surface area contributed by atoms with Crippen LogP contribution >= 0.6 is 11.6 Å². The number of nitrogens with zero attached hydrogens (tertiary/aromatic N) is 1. The first kappa shape index (κ1) is 7.31. The first-order chi connectivity index (χ1) is 5.81. The normalized spacial score (nSPS) is 10.4. The number of carbonyl (C=O) groups is 1. The third kappa shape index (κ3) is 0.987. The lowest BCUT2D eigenvalue weighted by Gasteiger charge is -1.94. The van der Waals surface area contributed by atoms with Crippen molar-refractivity contribution in [2.75, 3.05) is 0 Å². The molecule has 1 heterocycles. The van der Waals surface area contributed by atoms with Crippen LogP contribution in [0.2, 0.25) is 5.02 Å². The summed E-state index contributed by atoms with van der Waals surface area (Å²) in [7, 11) is 0. The zero-order chi connectivity index (χ0) is 8.55. The van der Waals surface area contributed by atoms with Crippen LogP contribution in [0.1, 0.15) is 10.4 Å². The van der Waals surface area contributed by atoms with Crippen LogP contribution in [-0.4, -0.2) is 16.5 Å². The highest BCUT2D eigenvalue weighted by atomic mass is 35.5. The number of fused-ring (bicyclic) bond motifs is 1. The van der Waals surface area contributed by atoms with Crippen LogP contribution in [0.25, 0.3) is 10.9 Å². The number of benzene rings is 1. The van der Waals surface area contributed by atoms with Crippen molar-refractivity contribution in [3.05, 3.63) is 28.9 Å². The summed E-state index contributed by atoms with van der Waals surface area (Å²) >= 11 is 5.79. The van der Waals surface area contributed by atoms with Crippen molar-refractivity contribution in [3.63, 3.8) is 0 Å². The Bertz CT molecular complexity index is 436. The van der Waals surface area contributed by atoms with E-state index in [1.807, 2.05) is 0 Å². The smallest absolute Gasteiger partial charge is 0.151 e. The van der Waals surface area contributed by atoms with Gasteiger partial charge in [-0.3, -0.25) is 9.89 Å². The molecular weight excluding hydrogens is 176 g/mol. The standard InChI is InChI=1S/C8H5ClN2O/c9-7-1-5-3-10-11-8(5)2-6(7)4-12/h1-4H,(H,10,11). The number of H-pyrrole nitrogens is 1. The first-order valence-corrected chi connectivity index (χ1v) is 3.77. The molecule has 0 fully saturated rings. The molecule has 0 unspecified atom stereocenters. The monoisotopic (exact) mass is 180 g/mol. The van der Waals surface area contributed by atoms with E-state index in [1.165, 1.54) is 0 Å². The number of hydrogen-bond donors (Lipinski definition) is 1. The highest BCUT2D eigenvalue weighted by Crippen LogP contribution is 2.20. The molecule has 4 heteroatoms. The number of carbonyl (C=O) groups excluding carboxylic acids is 1. The second-order valence-corrected chi connectivity index (χ2v) is 2.86. The lowest BCUT2D eigenvalue weighted by Crippen LogP contribution is -1.81. The molecule has 0 saturated carbocycles. The molecule has 2 rings (SSSR count). The van der Waals surface area contributed by atoms with E-state index in [9.17, 15) is 4.79 Å². The number of aromatic amines is 1. The highest BCUT2D eigenvalue weighted by molar-refractivity contribution is 6.33. The topological polar surface area (TPSA) is 45.8 Å². The number of rotatable bonds is 1. The highest BCUT2D eigenvalue weighted by Gasteiger charge is 2.02. The van der Waals surface area contributed by atoms with Gasteiger partial charge in [0.25, 0.3) is 0 Å². The largest absolute Gasteiger partial charge is 0.298 e. The maximum absolute atomic E-state index is 10.5. The maximum atomic E-state index is 10.5. The summed E-state index contributed by atoms with van der Waals surface area (Å²) in [6, 6.07) is 3.39. The fourth-order valence-electron chi connectivity index (χ4n) is 1.07. The number of aldehydes is 1. The van der Waals surface area contributed by atoms with E-state index in [4.69, 9.17) is 11.6 Å². The van der Waals surface area contributed by atoms with Crippen LogP contribution in [0, 0.1) is 0 Å². The van der Waals surface area contributed by atoms with Gasteiger partial charge in [-0.25, -0.2) is 0 Å². The molecule has 0 aliphatic carbocycles. The van der Waals surface area contributed by atoms with Gasteiger partial charge >= 0.3 is 0 Å². The fourth-order valence-corrected chi connectivity index (χ4v) is 1.29. The molecule has 0 aliphatic rings. The third-order valence-electron chi connectivity index (χ3n) is 1.68. The third-order valence-corrected chi connectivity index (χ3v) is 2.01. The van der Waals surface area contributed by atoms with E-state index in [1.54, 1.807) is 18.3 Å². The summed E-state index contributed by atoms with van der Waals surface area (Å²) in [5.74, 6) is 0. The minimum atomic E-state index is 0.457. The maximum Gasteiger partial charge on any atom is 0.151 e. The van der Waals surface area contributed by atoms with E-state index in [2.05, 4.69) is 10.2 Å². The Kier molecular flexibility index (Phi) is 1.59. The first-order valence-electron chi connectivity index (χ1n) is 3.39. The van der Waals surface area contributed by atoms with E-state index in [0.717, 1.165) is 17.2 Å². The molecule has 1 N–H and O–H groups in total. The predicted octanol–water partition coefficient (Wildman–Crippen LogP) is 2.03. The molecule has 0 aliphatic heterocycles. The lowest BCUT2D eigenvalue weighted by molar-refractivity contribution is 0.112. The van der Waals surface area contributed by atoms with Crippen molar-refractivity contribution in [2.24, 2.45) is 0 Å². The number of nitrogens with one attached hydrogen (secondary N) is 1. The molecule has 0 bridgehead atoms. The molecule has 0 atom stereocenters. The van der Waals surface area contributed by atoms with Gasteiger partial charge in [-0.05, 0) is 12.1 Å². The average molecular weight is 181 g/mol. The summed E-state index contributed by atoms with van der Waals surface area (Å²) in [6.45, 7) is 0. The molecule has 3 nitrogen and oxygen atoms in total. The van der Waals surface area contributed by atoms with E-state index in [0.29, 0.717) is 10.6 Å². The van der Waals surface area contributed by atoms with Gasteiger partial charge in [0, 0.05) is 10.9 Å². The number of aromatic nitrogens is 2. The molecule has 60 valence electrons. The van der Waals surface area contributed by atoms with Crippen molar-refractivity contribution >= 4 is 28.8 Å². The average Bonchev–Trinajstić information content (AvgIpc) is 2.49. The predicted molar refractivity (Wildman–Crippen MR) is 46.5 cm³/mol. The zero-order valence-corrected chi connectivity index (χ0v) is 6.80. The molecule has 1 aromatic carbocycles. The van der Waals surface area contributed by atoms with Crippen LogP contribution < -0.4 is 0 Å². The second kappa shape index (κ2) is 2.60. The zero-order valence-electron chi connectivity index (χ0n) is 6.04. The van der Waals surface area contributed by atoms with Crippen LogP contribution in [0.5, 0.6) is 0 Å². The Labute approximate surface area is 73.3 Å². The van der Waals surface area contributed by atoms with Crippen molar-refractivity contribution in [1.82, 2.24) is 10.2 Å². The van der Waals surface area contributed by atoms with Crippen LogP contribution in [-0.2, 0) is 0 Å². The van der Waals surface area contributed by atoms with Gasteiger partial charge in [-0.1, -0.05) is 11.6 Å². The van der Waals surface area contributed by atoms with Gasteiger partial charge in [-0.15, -0.1) is 0 Å². The van der Waals surface area contributed by atoms with Gasteiger partial charge in [-0.2, -0.15) is 5.10 Å². The molecular formula is C8H5ClN2O. The quantitative estimate of drug-likeness (QED) is 0.683. The van der Waals surface area contributed by atoms with Crippen LogP contribution in [0.3, 0.4) is 0 Å². The molecule has 0 amide bonds. The molecule has 0 radical (unpaired) electrons. The Balaban J connectivity index is 2.81. The summed E-state index contributed by atoms with van der Waals surface area (Å²) in [6.07, 6.45) is 2.39. The summed E-state index contributed by atoms with van der Waals surface area (Å²) < 4.78 is 0. The molecule has 0 spiro atoms. The molecule has 2 aromatic rings. The Morgan fingerprint density at radius 3 is 3.08 bits per heavy atom. The molecule has 0 saturated heterocycles. The Morgan fingerprint density at radius 2 is 2.33 bits per heavy atom. The Hall–Kier alpha value is -1.35. The van der Waals surface area contributed by atoms with Crippen LogP contribution in [0.15, 0.2) is 18.3 Å². The van der Waals surface area contributed by atoms with Crippen molar-refractivity contribution in [3.8, 4) is 0 Å². The van der Waals surface area contributed by atoms with Gasteiger partial charge in [0.05, 0.1) is 16.7 Å². The van der Waals surface area contributed by atoms with Crippen molar-refractivity contribution in [2.45, 2.75) is 0 Å². The summed E-state index contributed by atoms with van der Waals surface area (Å²) in [5.41, 5.74) is 1.30. The van der Waals surface area contributed by atoms with Gasteiger partial charge < -0.3 is 0 Å². The summed E-state index contributed by atoms with van der Waals surface area (Å²) in [4.78, 5) is 10.5. The fraction of sp³-hybridized carbons (Fsp3) is 0. The van der Waals surface area contributed by atoms with Crippen LogP contribution in [0.4, 0.5) is 0 Å². The lowest BCUT2D eigenvalue weighted by atomic mass is 10.2. The van der Waals surface area contributed by atoms with Gasteiger partial charge in [0.15, 0.2) is 6.29 Å². The van der Waals surface area contributed by atoms with Gasteiger partial charge in [0.2, 0.25) is 0 Å². The minimum absolute atomic E-state index is 0.457. The summed E-state index contributed by atoms with van der Waals surface area (Å²) in [5, 5.41) is 7.94.